The first-order valence-electron chi connectivity index (χ1n) is 8.91. The van der Waals surface area contributed by atoms with Crippen molar-refractivity contribution in [2.75, 3.05) is 5.32 Å². The molecule has 0 saturated heterocycles. The molecule has 5 nitrogen and oxygen atoms in total. The third-order valence-corrected chi connectivity index (χ3v) is 4.35. The summed E-state index contributed by atoms with van der Waals surface area (Å²) in [5.74, 6) is 0.359. The number of para-hydroxylation sites is 2. The van der Waals surface area contributed by atoms with Crippen LogP contribution in [0.4, 0.5) is 5.69 Å². The first kappa shape index (κ1) is 17.5. The van der Waals surface area contributed by atoms with Gasteiger partial charge in [0.05, 0.1) is 5.69 Å². The Kier molecular flexibility index (Phi) is 4.89. The van der Waals surface area contributed by atoms with Gasteiger partial charge in [0.1, 0.15) is 0 Å². The number of carbonyl (C=O) groups excluding carboxylic acids is 2. The van der Waals surface area contributed by atoms with Gasteiger partial charge in [-0.05, 0) is 41.5 Å². The number of fused-ring (bicyclic) bond motifs is 1. The first-order valence-corrected chi connectivity index (χ1v) is 8.91. The van der Waals surface area contributed by atoms with Crippen molar-refractivity contribution in [3.8, 4) is 5.75 Å². The highest BCUT2D eigenvalue weighted by Crippen LogP contribution is 2.30. The van der Waals surface area contributed by atoms with E-state index in [4.69, 9.17) is 4.74 Å². The Bertz CT molecular complexity index is 1040. The topological polar surface area (TPSA) is 67.4 Å². The van der Waals surface area contributed by atoms with Crippen molar-refractivity contribution in [1.29, 1.82) is 0 Å². The summed E-state index contributed by atoms with van der Waals surface area (Å²) in [6, 6.07) is 24.0. The Hall–Kier alpha value is -3.86. The lowest BCUT2D eigenvalue weighted by Crippen LogP contribution is -2.23. The predicted octanol–water partition coefficient (Wildman–Crippen LogP) is 3.99. The Balaban J connectivity index is 1.44. The molecule has 0 spiro atoms. The minimum Gasteiger partial charge on any atom is -0.449 e. The van der Waals surface area contributed by atoms with Crippen LogP contribution in [0.2, 0.25) is 0 Å². The summed E-state index contributed by atoms with van der Waals surface area (Å²) in [5, 5.41) is 5.69. The van der Waals surface area contributed by atoms with Gasteiger partial charge in [0.25, 0.3) is 11.8 Å². The minimum absolute atomic E-state index is 0.149. The van der Waals surface area contributed by atoms with Gasteiger partial charge in [-0.15, -0.1) is 0 Å². The van der Waals surface area contributed by atoms with Crippen molar-refractivity contribution in [1.82, 2.24) is 5.32 Å². The molecule has 4 rings (SSSR count). The monoisotopic (exact) mass is 370 g/mol. The Morgan fingerprint density at radius 1 is 0.929 bits per heavy atom. The van der Waals surface area contributed by atoms with Crippen LogP contribution in [0.5, 0.6) is 5.75 Å². The van der Waals surface area contributed by atoms with Gasteiger partial charge in [-0.2, -0.15) is 0 Å². The molecule has 2 amide bonds. The van der Waals surface area contributed by atoms with Crippen LogP contribution in [0.25, 0.3) is 6.08 Å². The molecule has 0 aromatic heterocycles. The summed E-state index contributed by atoms with van der Waals surface area (Å²) in [6.45, 7) is 0.471. The molecule has 0 bridgehead atoms. The molecule has 0 saturated carbocycles. The Morgan fingerprint density at radius 2 is 1.64 bits per heavy atom. The maximum Gasteiger partial charge on any atom is 0.291 e. The highest BCUT2D eigenvalue weighted by Gasteiger charge is 2.21. The summed E-state index contributed by atoms with van der Waals surface area (Å²) < 4.78 is 5.68. The largest absolute Gasteiger partial charge is 0.449 e. The van der Waals surface area contributed by atoms with Crippen LogP contribution in [0, 0.1) is 0 Å². The van der Waals surface area contributed by atoms with E-state index in [0.717, 1.165) is 11.1 Å². The van der Waals surface area contributed by atoms with Crippen LogP contribution < -0.4 is 15.4 Å². The number of anilines is 1. The van der Waals surface area contributed by atoms with Crippen LogP contribution in [0.1, 0.15) is 21.5 Å². The quantitative estimate of drug-likeness (QED) is 0.683. The zero-order valence-corrected chi connectivity index (χ0v) is 15.0. The number of nitrogens with one attached hydrogen (secondary N) is 2. The van der Waals surface area contributed by atoms with E-state index in [1.54, 1.807) is 42.5 Å². The summed E-state index contributed by atoms with van der Waals surface area (Å²) in [4.78, 5) is 24.5. The molecule has 138 valence electrons. The van der Waals surface area contributed by atoms with E-state index >= 15 is 0 Å². The molecule has 5 heteroatoms. The molecule has 2 N–H and O–H groups in total. The van der Waals surface area contributed by atoms with Crippen molar-refractivity contribution in [2.24, 2.45) is 0 Å². The number of amides is 2. The normalized spacial score (nSPS) is 14.0. The lowest BCUT2D eigenvalue weighted by atomic mass is 10.1. The standard InChI is InChI=1S/C23H18N2O3/c26-22(24-15-17-6-2-1-3-7-17)18-12-10-16(11-13-18)14-21-23(27)25-19-8-4-5-9-20(19)28-21/h1-14H,15H2,(H,24,26)(H,25,27). The minimum atomic E-state index is -0.302. The molecule has 0 atom stereocenters. The molecule has 3 aromatic carbocycles. The number of carbonyl (C=O) groups is 2. The SMILES string of the molecule is O=C1Nc2ccccc2OC1=Cc1ccc(C(=O)NCc2ccccc2)cc1. The molecular weight excluding hydrogens is 352 g/mol. The van der Waals surface area contributed by atoms with Crippen molar-refractivity contribution < 1.29 is 14.3 Å². The Labute approximate surface area is 162 Å². The molecule has 3 aromatic rings. The number of hydrogen-bond acceptors (Lipinski definition) is 3. The van der Waals surface area contributed by atoms with Gasteiger partial charge in [0.15, 0.2) is 11.5 Å². The van der Waals surface area contributed by atoms with Gasteiger partial charge in [-0.3, -0.25) is 9.59 Å². The fraction of sp³-hybridized carbons (Fsp3) is 0.0435. The lowest BCUT2D eigenvalue weighted by Gasteiger charge is -2.19. The number of ether oxygens (including phenoxy) is 1. The first-order chi connectivity index (χ1) is 13.7. The van der Waals surface area contributed by atoms with Gasteiger partial charge >= 0.3 is 0 Å². The second-order valence-electron chi connectivity index (χ2n) is 6.35. The van der Waals surface area contributed by atoms with Crippen molar-refractivity contribution >= 4 is 23.6 Å². The predicted molar refractivity (Wildman–Crippen MR) is 108 cm³/mol. The molecule has 28 heavy (non-hydrogen) atoms. The average Bonchev–Trinajstić information content (AvgIpc) is 2.74. The van der Waals surface area contributed by atoms with Crippen molar-refractivity contribution in [3.05, 3.63) is 101 Å². The highest BCUT2D eigenvalue weighted by atomic mass is 16.5. The summed E-state index contributed by atoms with van der Waals surface area (Å²) in [7, 11) is 0. The fourth-order valence-corrected chi connectivity index (χ4v) is 2.87. The second kappa shape index (κ2) is 7.80. The third-order valence-electron chi connectivity index (χ3n) is 4.35. The van der Waals surface area contributed by atoms with Gasteiger partial charge in [0.2, 0.25) is 0 Å². The maximum absolute atomic E-state index is 12.3. The lowest BCUT2D eigenvalue weighted by molar-refractivity contribution is -0.115. The van der Waals surface area contributed by atoms with Crippen LogP contribution in [0.3, 0.4) is 0 Å². The second-order valence-corrected chi connectivity index (χ2v) is 6.35. The summed E-state index contributed by atoms with van der Waals surface area (Å²) >= 11 is 0. The number of rotatable bonds is 4. The van der Waals surface area contributed by atoms with E-state index in [1.165, 1.54) is 0 Å². The number of hydrogen-bond donors (Lipinski definition) is 2. The average molecular weight is 370 g/mol. The van der Waals surface area contributed by atoms with E-state index in [2.05, 4.69) is 10.6 Å². The van der Waals surface area contributed by atoms with Gasteiger partial charge < -0.3 is 15.4 Å². The van der Waals surface area contributed by atoms with Gasteiger partial charge in [-0.1, -0.05) is 54.6 Å². The molecular formula is C23H18N2O3. The molecule has 0 aliphatic carbocycles. The molecule has 0 fully saturated rings. The van der Waals surface area contributed by atoms with Crippen LogP contribution >= 0.6 is 0 Å². The van der Waals surface area contributed by atoms with E-state index < -0.39 is 0 Å². The van der Waals surface area contributed by atoms with Gasteiger partial charge in [0, 0.05) is 12.1 Å². The zero-order chi connectivity index (χ0) is 19.3. The maximum atomic E-state index is 12.3. The Morgan fingerprint density at radius 3 is 2.43 bits per heavy atom. The molecule has 0 unspecified atom stereocenters. The van der Waals surface area contributed by atoms with Gasteiger partial charge in [-0.25, -0.2) is 0 Å². The molecule has 1 heterocycles. The van der Waals surface area contributed by atoms with E-state index in [-0.39, 0.29) is 17.6 Å². The van der Waals surface area contributed by atoms with Crippen LogP contribution in [-0.2, 0) is 11.3 Å². The molecule has 1 aliphatic rings. The summed E-state index contributed by atoms with van der Waals surface area (Å²) in [6.07, 6.45) is 1.65. The molecule has 0 radical (unpaired) electrons. The zero-order valence-electron chi connectivity index (χ0n) is 15.0. The van der Waals surface area contributed by atoms with Crippen LogP contribution in [0.15, 0.2) is 84.6 Å². The van der Waals surface area contributed by atoms with E-state index in [0.29, 0.717) is 23.5 Å². The van der Waals surface area contributed by atoms with E-state index in [9.17, 15) is 9.59 Å². The molecule has 1 aliphatic heterocycles. The fourth-order valence-electron chi connectivity index (χ4n) is 2.87. The van der Waals surface area contributed by atoms with Crippen LogP contribution in [-0.4, -0.2) is 11.8 Å². The summed E-state index contributed by atoms with van der Waals surface area (Å²) in [5.41, 5.74) is 3.01. The smallest absolute Gasteiger partial charge is 0.291 e. The van der Waals surface area contributed by atoms with Crippen molar-refractivity contribution in [3.63, 3.8) is 0 Å². The number of benzene rings is 3. The van der Waals surface area contributed by atoms with E-state index in [1.807, 2.05) is 42.5 Å². The van der Waals surface area contributed by atoms with Crippen molar-refractivity contribution in [2.45, 2.75) is 6.54 Å². The third kappa shape index (κ3) is 3.94. The highest BCUT2D eigenvalue weighted by molar-refractivity contribution is 6.08.